The highest BCUT2D eigenvalue weighted by Crippen LogP contribution is 2.25. The van der Waals surface area contributed by atoms with Crippen molar-refractivity contribution < 1.29 is 14.3 Å². The summed E-state index contributed by atoms with van der Waals surface area (Å²) in [6.45, 7) is 6.78. The number of amides is 2. The van der Waals surface area contributed by atoms with E-state index < -0.39 is 0 Å². The molecule has 1 saturated heterocycles. The largest absolute Gasteiger partial charge is 0.378 e. The third-order valence-corrected chi connectivity index (χ3v) is 5.60. The van der Waals surface area contributed by atoms with Gasteiger partial charge in [-0.2, -0.15) is 0 Å². The zero-order chi connectivity index (χ0) is 20.6. The fraction of sp³-hybridized carbons (Fsp3) is 0.381. The molecule has 154 valence electrons. The summed E-state index contributed by atoms with van der Waals surface area (Å²) in [5.41, 5.74) is 1.74. The maximum atomic E-state index is 12.6. The lowest BCUT2D eigenvalue weighted by Gasteiger charge is -2.29. The molecule has 1 aromatic heterocycles. The fourth-order valence-electron chi connectivity index (χ4n) is 3.03. The SMILES string of the molecule is CC(=O)Nc1ccc(S[C@H](C)C(=O)NCc2cccnc2N2CCOCC2)cc1. The summed E-state index contributed by atoms with van der Waals surface area (Å²) in [7, 11) is 0. The van der Waals surface area contributed by atoms with Gasteiger partial charge in [0.15, 0.2) is 0 Å². The molecule has 1 aromatic carbocycles. The van der Waals surface area contributed by atoms with Crippen LogP contribution in [0.3, 0.4) is 0 Å². The van der Waals surface area contributed by atoms with Crippen LogP contribution in [0.15, 0.2) is 47.5 Å². The Labute approximate surface area is 175 Å². The highest BCUT2D eigenvalue weighted by molar-refractivity contribution is 8.00. The number of benzene rings is 1. The van der Waals surface area contributed by atoms with Crippen LogP contribution in [-0.4, -0.2) is 48.4 Å². The van der Waals surface area contributed by atoms with E-state index in [2.05, 4.69) is 20.5 Å². The Morgan fingerprint density at radius 3 is 2.62 bits per heavy atom. The first-order valence-electron chi connectivity index (χ1n) is 9.61. The van der Waals surface area contributed by atoms with E-state index in [0.29, 0.717) is 19.8 Å². The average Bonchev–Trinajstić information content (AvgIpc) is 2.74. The highest BCUT2D eigenvalue weighted by Gasteiger charge is 2.18. The molecule has 1 aliphatic rings. The summed E-state index contributed by atoms with van der Waals surface area (Å²) < 4.78 is 5.41. The predicted molar refractivity (Wildman–Crippen MR) is 115 cm³/mol. The van der Waals surface area contributed by atoms with Crippen molar-refractivity contribution in [2.75, 3.05) is 36.5 Å². The maximum absolute atomic E-state index is 12.6. The summed E-state index contributed by atoms with van der Waals surface area (Å²) in [5.74, 6) is 0.771. The normalized spacial score (nSPS) is 14.9. The van der Waals surface area contributed by atoms with E-state index >= 15 is 0 Å². The third-order valence-electron chi connectivity index (χ3n) is 4.49. The number of ether oxygens (including phenoxy) is 1. The van der Waals surface area contributed by atoms with Crippen molar-refractivity contribution in [3.8, 4) is 0 Å². The van der Waals surface area contributed by atoms with Gasteiger partial charge in [0, 0.05) is 48.9 Å². The smallest absolute Gasteiger partial charge is 0.233 e. The fourth-order valence-corrected chi connectivity index (χ4v) is 3.92. The Morgan fingerprint density at radius 1 is 1.21 bits per heavy atom. The highest BCUT2D eigenvalue weighted by atomic mass is 32.2. The van der Waals surface area contributed by atoms with Crippen molar-refractivity contribution in [3.05, 3.63) is 48.2 Å². The van der Waals surface area contributed by atoms with Gasteiger partial charge in [0.2, 0.25) is 11.8 Å². The lowest BCUT2D eigenvalue weighted by molar-refractivity contribution is -0.120. The molecule has 2 N–H and O–H groups in total. The van der Waals surface area contributed by atoms with Crippen LogP contribution >= 0.6 is 11.8 Å². The molecule has 0 radical (unpaired) electrons. The lowest BCUT2D eigenvalue weighted by atomic mass is 10.2. The number of carbonyl (C=O) groups is 2. The average molecular weight is 415 g/mol. The minimum atomic E-state index is -0.245. The van der Waals surface area contributed by atoms with E-state index in [1.54, 1.807) is 6.20 Å². The topological polar surface area (TPSA) is 83.6 Å². The summed E-state index contributed by atoms with van der Waals surface area (Å²) >= 11 is 1.48. The van der Waals surface area contributed by atoms with Crippen molar-refractivity contribution in [3.63, 3.8) is 0 Å². The molecule has 2 amide bonds. The molecular weight excluding hydrogens is 388 g/mol. The van der Waals surface area contributed by atoms with Crippen molar-refractivity contribution in [1.82, 2.24) is 10.3 Å². The van der Waals surface area contributed by atoms with Crippen LogP contribution < -0.4 is 15.5 Å². The Balaban J connectivity index is 1.54. The molecule has 8 heteroatoms. The molecule has 2 heterocycles. The quantitative estimate of drug-likeness (QED) is 0.678. The van der Waals surface area contributed by atoms with Crippen LogP contribution in [0.1, 0.15) is 19.4 Å². The molecule has 1 fully saturated rings. The Hall–Kier alpha value is -2.58. The Kier molecular flexibility index (Phi) is 7.48. The standard InChI is InChI=1S/C21H26N4O3S/c1-15(29-19-7-5-18(6-8-19)24-16(2)26)21(27)23-14-17-4-3-9-22-20(17)25-10-12-28-13-11-25/h3-9,15H,10-14H2,1-2H3,(H,23,27)(H,24,26)/t15-/m1/s1. The van der Waals surface area contributed by atoms with Crippen molar-refractivity contribution >= 4 is 35.1 Å². The number of nitrogens with zero attached hydrogens (tertiary/aromatic N) is 2. The number of hydrogen-bond acceptors (Lipinski definition) is 6. The second-order valence-corrected chi connectivity index (χ2v) is 8.18. The minimum Gasteiger partial charge on any atom is -0.378 e. The van der Waals surface area contributed by atoms with Crippen LogP contribution in [0.4, 0.5) is 11.5 Å². The van der Waals surface area contributed by atoms with E-state index in [-0.39, 0.29) is 17.1 Å². The van der Waals surface area contributed by atoms with Crippen LogP contribution in [-0.2, 0) is 20.9 Å². The number of carbonyl (C=O) groups excluding carboxylic acids is 2. The molecule has 2 aromatic rings. The molecule has 0 spiro atoms. The van der Waals surface area contributed by atoms with Gasteiger partial charge in [-0.3, -0.25) is 9.59 Å². The summed E-state index contributed by atoms with van der Waals surface area (Å²) in [5, 5.41) is 5.51. The maximum Gasteiger partial charge on any atom is 0.233 e. The van der Waals surface area contributed by atoms with E-state index in [0.717, 1.165) is 35.1 Å². The molecule has 7 nitrogen and oxygen atoms in total. The summed E-state index contributed by atoms with van der Waals surface area (Å²) in [6.07, 6.45) is 1.78. The van der Waals surface area contributed by atoms with Crippen LogP contribution in [0.5, 0.6) is 0 Å². The number of rotatable bonds is 7. The number of hydrogen-bond donors (Lipinski definition) is 2. The number of anilines is 2. The molecule has 3 rings (SSSR count). The number of aromatic nitrogens is 1. The second kappa shape index (κ2) is 10.3. The first-order valence-corrected chi connectivity index (χ1v) is 10.5. The summed E-state index contributed by atoms with van der Waals surface area (Å²) in [6, 6.07) is 11.4. The number of thioether (sulfide) groups is 1. The number of nitrogens with one attached hydrogen (secondary N) is 2. The van der Waals surface area contributed by atoms with Crippen molar-refractivity contribution in [1.29, 1.82) is 0 Å². The first kappa shape index (κ1) is 21.1. The van der Waals surface area contributed by atoms with Gasteiger partial charge in [-0.1, -0.05) is 6.07 Å². The molecule has 29 heavy (non-hydrogen) atoms. The Morgan fingerprint density at radius 2 is 1.93 bits per heavy atom. The molecule has 1 atom stereocenters. The van der Waals surface area contributed by atoms with Crippen molar-refractivity contribution in [2.45, 2.75) is 30.5 Å². The lowest BCUT2D eigenvalue weighted by Crippen LogP contribution is -2.38. The zero-order valence-electron chi connectivity index (χ0n) is 16.7. The monoisotopic (exact) mass is 414 g/mol. The molecular formula is C21H26N4O3S. The molecule has 0 bridgehead atoms. The summed E-state index contributed by atoms with van der Waals surface area (Å²) in [4.78, 5) is 31.3. The van der Waals surface area contributed by atoms with Crippen LogP contribution in [0.25, 0.3) is 0 Å². The van der Waals surface area contributed by atoms with Crippen LogP contribution in [0, 0.1) is 0 Å². The van der Waals surface area contributed by atoms with E-state index in [4.69, 9.17) is 4.74 Å². The van der Waals surface area contributed by atoms with Gasteiger partial charge in [0.1, 0.15) is 5.82 Å². The van der Waals surface area contributed by atoms with Gasteiger partial charge < -0.3 is 20.3 Å². The number of pyridine rings is 1. The van der Waals surface area contributed by atoms with Gasteiger partial charge in [0.05, 0.1) is 18.5 Å². The molecule has 0 saturated carbocycles. The first-order chi connectivity index (χ1) is 14.0. The van der Waals surface area contributed by atoms with Crippen molar-refractivity contribution in [2.24, 2.45) is 0 Å². The zero-order valence-corrected chi connectivity index (χ0v) is 17.5. The van der Waals surface area contributed by atoms with Gasteiger partial charge in [0.25, 0.3) is 0 Å². The van der Waals surface area contributed by atoms with Gasteiger partial charge in [-0.15, -0.1) is 11.8 Å². The van der Waals surface area contributed by atoms with Gasteiger partial charge in [-0.25, -0.2) is 4.98 Å². The Bertz CT molecular complexity index is 838. The van der Waals surface area contributed by atoms with Gasteiger partial charge >= 0.3 is 0 Å². The molecule has 1 aliphatic heterocycles. The van der Waals surface area contributed by atoms with Crippen LogP contribution in [0.2, 0.25) is 0 Å². The van der Waals surface area contributed by atoms with E-state index in [1.165, 1.54) is 18.7 Å². The molecule has 0 unspecified atom stereocenters. The molecule has 0 aliphatic carbocycles. The predicted octanol–water partition coefficient (Wildman–Crippen LogP) is 2.67. The third kappa shape index (κ3) is 6.20. The number of morpholine rings is 1. The van der Waals surface area contributed by atoms with E-state index in [9.17, 15) is 9.59 Å². The van der Waals surface area contributed by atoms with E-state index in [1.807, 2.05) is 43.3 Å². The van der Waals surface area contributed by atoms with Gasteiger partial charge in [-0.05, 0) is 37.3 Å². The minimum absolute atomic E-state index is 0.0299. The second-order valence-electron chi connectivity index (χ2n) is 6.77.